The number of aromatic nitrogens is 3. The number of aryl methyl sites for hydroxylation is 1. The van der Waals surface area contributed by atoms with E-state index in [0.717, 1.165) is 11.3 Å². The number of hydrogen-bond acceptors (Lipinski definition) is 17. The Balaban J connectivity index is 1.37. The van der Waals surface area contributed by atoms with Crippen molar-refractivity contribution >= 4 is 62.5 Å². The zero-order valence-corrected chi connectivity index (χ0v) is 42.8. The fraction of sp³-hybridized carbons (Fsp3) is 0.581. The van der Waals surface area contributed by atoms with E-state index in [0.29, 0.717) is 29.2 Å². The van der Waals surface area contributed by atoms with Gasteiger partial charge in [0, 0.05) is 16.8 Å². The molecule has 3 N–H and O–H groups in total. The van der Waals surface area contributed by atoms with Crippen LogP contribution in [0.15, 0.2) is 52.3 Å². The zero-order chi connectivity index (χ0) is 52.9. The Morgan fingerprint density at radius 3 is 2.23 bits per heavy atom. The molecule has 0 unspecified atom stereocenters. The number of likely N-dealkylation sites (tertiary alicyclic amines) is 1. The van der Waals surface area contributed by atoms with E-state index in [1.54, 1.807) is 102 Å². The number of hydroxylamine groups is 2. The van der Waals surface area contributed by atoms with Gasteiger partial charge in [-0.25, -0.2) is 23.8 Å². The minimum absolute atomic E-state index is 0.0361. The Labute approximate surface area is 413 Å². The number of nitrogens with one attached hydrogen (secondary N) is 2. The predicted octanol–water partition coefficient (Wildman–Crippen LogP) is 5.26. The fourth-order valence-corrected chi connectivity index (χ4v) is 7.94. The minimum Gasteiger partial charge on any atom is -0.489 e. The number of oxime groups is 1. The van der Waals surface area contributed by atoms with Crippen molar-refractivity contribution in [3.63, 3.8) is 0 Å². The Hall–Kier alpha value is -6.61. The molecule has 2 aromatic heterocycles. The van der Waals surface area contributed by atoms with Gasteiger partial charge in [-0.2, -0.15) is 18.2 Å². The van der Waals surface area contributed by atoms with Crippen LogP contribution >= 0.6 is 11.3 Å². The highest BCUT2D eigenvalue weighted by atomic mass is 32.3. The number of β-lactam (4-membered cyclic amide) rings is 1. The molecule has 25 nitrogen and oxygen atoms in total. The first-order valence-corrected chi connectivity index (χ1v) is 24.2. The van der Waals surface area contributed by atoms with Crippen molar-refractivity contribution in [2.45, 2.75) is 136 Å². The van der Waals surface area contributed by atoms with Gasteiger partial charge < -0.3 is 34.0 Å². The molecule has 3 aromatic rings. The number of nitrogens with zero attached hydrogens (tertiary/aromatic N) is 9. The molecule has 5 rings (SSSR count). The summed E-state index contributed by atoms with van der Waals surface area (Å²) in [5.41, 5.74) is 3.46. The SMILES string of the molecule is CC(C)(C)OC(=O)Nc1nc(/C(=N/O[C@@H](COc2ccc(-c3cn(CCCN=[N+]=[N-])[n+](CC4(F)CN(C(=O)OC(C)(C)C)C4)c3)cc2)C(=O)OC(C)(C)C)C(=O)N[C@@H]2C(=O)N(OS(=O)(=O)O)C2(C)C)cs1. The van der Waals surface area contributed by atoms with E-state index in [2.05, 4.69) is 35.1 Å². The summed E-state index contributed by atoms with van der Waals surface area (Å²) in [7, 11) is -5.11. The summed E-state index contributed by atoms with van der Waals surface area (Å²) in [5.74, 6) is -2.84. The van der Waals surface area contributed by atoms with Gasteiger partial charge in [-0.15, -0.1) is 20.3 Å². The molecular formula is C43H59FN11O14S2+. The standard InChI is InChI=1S/C43H58FN11O14S2/c1-39(2,3)65-35(58)30(68-50-31(29-22-70-36(47-29)49-37(59)66-40(4,5)6)33(56)48-32-34(57)55(42(32,10)11)69-71(61,62)63)21-64-28-15-13-26(14-16-28)27-19-53(18-12-17-46-51-45)54(20-27)25-43(44)23-52(24-43)38(60)67-41(7,8)9/h13-16,19-20,22,30,32H,12,17-18,21,23-25H2,1-11H3,(H2-,47,48,49,56,59,61,62,63)/p+1/b50-31-/t30-,32+/m0/s1. The molecule has 28 heteroatoms. The first kappa shape index (κ1) is 55.3. The third-order valence-electron chi connectivity index (χ3n) is 9.88. The third kappa shape index (κ3) is 15.7. The molecule has 2 atom stereocenters. The number of rotatable bonds is 19. The van der Waals surface area contributed by atoms with Crippen molar-refractivity contribution in [1.29, 1.82) is 0 Å². The molecule has 388 valence electrons. The Morgan fingerprint density at radius 2 is 1.65 bits per heavy atom. The van der Waals surface area contributed by atoms with Crippen LogP contribution in [-0.4, -0.2) is 135 Å². The molecule has 0 bridgehead atoms. The van der Waals surface area contributed by atoms with Crippen molar-refractivity contribution in [2.75, 3.05) is 31.6 Å². The summed E-state index contributed by atoms with van der Waals surface area (Å²) in [4.78, 5) is 79.5. The van der Waals surface area contributed by atoms with E-state index >= 15 is 4.39 Å². The summed E-state index contributed by atoms with van der Waals surface area (Å²) in [6.45, 7) is 17.3. The van der Waals surface area contributed by atoms with Crippen LogP contribution in [0, 0.1) is 0 Å². The lowest BCUT2D eigenvalue weighted by Gasteiger charge is -2.50. The average Bonchev–Trinajstić information content (AvgIpc) is 3.85. The lowest BCUT2D eigenvalue weighted by Crippen LogP contribution is -2.76. The number of anilines is 1. The lowest BCUT2D eigenvalue weighted by atomic mass is 9.84. The number of carbonyl (C=O) groups excluding carboxylic acids is 5. The second-order valence-electron chi connectivity index (χ2n) is 20.0. The van der Waals surface area contributed by atoms with Crippen LogP contribution in [0.25, 0.3) is 21.6 Å². The molecule has 71 heavy (non-hydrogen) atoms. The highest BCUT2D eigenvalue weighted by Crippen LogP contribution is 2.33. The van der Waals surface area contributed by atoms with Gasteiger partial charge in [0.05, 0.1) is 36.9 Å². The van der Waals surface area contributed by atoms with Crippen LogP contribution in [0.2, 0.25) is 0 Å². The maximum atomic E-state index is 16.0. The molecule has 4 amide bonds. The second-order valence-corrected chi connectivity index (χ2v) is 21.9. The summed E-state index contributed by atoms with van der Waals surface area (Å²) in [6.07, 6.45) is 0.924. The van der Waals surface area contributed by atoms with Gasteiger partial charge in [-0.3, -0.25) is 19.5 Å². The maximum absolute atomic E-state index is 16.0. The van der Waals surface area contributed by atoms with E-state index in [-0.39, 0.29) is 42.8 Å². The van der Waals surface area contributed by atoms with Gasteiger partial charge in [0.1, 0.15) is 40.9 Å². The monoisotopic (exact) mass is 1040 g/mol. The maximum Gasteiger partial charge on any atom is 0.418 e. The van der Waals surface area contributed by atoms with E-state index in [1.807, 2.05) is 6.20 Å². The van der Waals surface area contributed by atoms with Gasteiger partial charge in [0.2, 0.25) is 18.4 Å². The molecule has 1 aromatic carbocycles. The number of ether oxygens (including phenoxy) is 4. The molecule has 2 fully saturated rings. The molecule has 4 heterocycles. The molecule has 0 aliphatic carbocycles. The molecule has 0 saturated carbocycles. The number of benzene rings is 1. The number of carbonyl (C=O) groups is 5. The number of thiazole rings is 1. The van der Waals surface area contributed by atoms with Gasteiger partial charge in [0.25, 0.3) is 17.9 Å². The first-order chi connectivity index (χ1) is 32.7. The Morgan fingerprint density at radius 1 is 1.01 bits per heavy atom. The van der Waals surface area contributed by atoms with Crippen LogP contribution in [0.3, 0.4) is 0 Å². The second kappa shape index (κ2) is 21.4. The van der Waals surface area contributed by atoms with Crippen LogP contribution < -0.4 is 20.1 Å². The highest BCUT2D eigenvalue weighted by Gasteiger charge is 2.58. The Kier molecular flexibility index (Phi) is 16.7. The third-order valence-corrected chi connectivity index (χ3v) is 11.0. The summed E-state index contributed by atoms with van der Waals surface area (Å²) in [6, 6.07) is 5.22. The van der Waals surface area contributed by atoms with Crippen LogP contribution in [-0.2, 0) is 61.2 Å². The van der Waals surface area contributed by atoms with Gasteiger partial charge in [-0.05, 0) is 106 Å². The van der Waals surface area contributed by atoms with Crippen molar-refractivity contribution in [3.05, 3.63) is 58.2 Å². The Bertz CT molecular complexity index is 2660. The van der Waals surface area contributed by atoms with Gasteiger partial charge in [-0.1, -0.05) is 22.4 Å². The van der Waals surface area contributed by atoms with Crippen LogP contribution in [0.4, 0.5) is 19.1 Å². The number of alkyl halides is 1. The number of halogens is 1. The minimum atomic E-state index is -5.11. The molecule has 2 aliphatic heterocycles. The van der Waals surface area contributed by atoms with Crippen molar-refractivity contribution in [1.82, 2.24) is 24.9 Å². The molecule has 2 aliphatic rings. The molecular weight excluding hydrogens is 978 g/mol. The number of amides is 4. The van der Waals surface area contributed by atoms with Crippen molar-refractivity contribution < 1.29 is 74.1 Å². The first-order valence-electron chi connectivity index (χ1n) is 22.0. The predicted molar refractivity (Wildman–Crippen MR) is 251 cm³/mol. The topological polar surface area (TPSA) is 308 Å². The molecule has 0 spiro atoms. The van der Waals surface area contributed by atoms with E-state index in [4.69, 9.17) is 29.3 Å². The average molecular weight is 1040 g/mol. The van der Waals surface area contributed by atoms with Gasteiger partial charge in [0.15, 0.2) is 10.8 Å². The van der Waals surface area contributed by atoms with Crippen molar-refractivity contribution in [2.24, 2.45) is 10.3 Å². The summed E-state index contributed by atoms with van der Waals surface area (Å²) < 4.78 is 78.0. The van der Waals surface area contributed by atoms with E-state index in [1.165, 1.54) is 24.1 Å². The summed E-state index contributed by atoms with van der Waals surface area (Å²) >= 11 is 0.869. The van der Waals surface area contributed by atoms with E-state index < -0.39 is 92.8 Å². The zero-order valence-electron chi connectivity index (χ0n) is 41.1. The van der Waals surface area contributed by atoms with Crippen LogP contribution in [0.1, 0.15) is 88.3 Å². The highest BCUT2D eigenvalue weighted by molar-refractivity contribution is 7.80. The number of hydrogen-bond donors (Lipinski definition) is 3. The normalized spacial score (nSPS) is 17.2. The van der Waals surface area contributed by atoms with E-state index in [9.17, 15) is 36.9 Å². The fourth-order valence-electron chi connectivity index (χ4n) is 6.81. The lowest BCUT2D eigenvalue weighted by molar-refractivity contribution is -0.785. The number of esters is 1. The quantitative estimate of drug-likeness (QED) is 0.0118. The molecule has 2 saturated heterocycles. The molecule has 0 radical (unpaired) electrons. The number of azide groups is 1. The van der Waals surface area contributed by atoms with Crippen molar-refractivity contribution in [3.8, 4) is 16.9 Å². The summed E-state index contributed by atoms with van der Waals surface area (Å²) in [5, 5.41) is 14.1. The smallest absolute Gasteiger partial charge is 0.418 e. The van der Waals surface area contributed by atoms with Crippen LogP contribution in [0.5, 0.6) is 5.75 Å². The largest absolute Gasteiger partial charge is 0.489 e. The van der Waals surface area contributed by atoms with Gasteiger partial charge >= 0.3 is 28.6 Å².